The first-order valence-electron chi connectivity index (χ1n) is 9.31. The van der Waals surface area contributed by atoms with Crippen molar-refractivity contribution in [1.29, 1.82) is 0 Å². The number of phenols is 1. The molecule has 30 heavy (non-hydrogen) atoms. The van der Waals surface area contributed by atoms with Gasteiger partial charge in [0.25, 0.3) is 0 Å². The van der Waals surface area contributed by atoms with Crippen molar-refractivity contribution in [1.82, 2.24) is 14.9 Å². The quantitative estimate of drug-likeness (QED) is 0.634. The topological polar surface area (TPSA) is 93.7 Å². The number of ether oxygens (including phenoxy) is 2. The highest BCUT2D eigenvalue weighted by Gasteiger charge is 2.23. The van der Waals surface area contributed by atoms with Crippen LogP contribution in [0.15, 0.2) is 24.3 Å². The summed E-state index contributed by atoms with van der Waals surface area (Å²) < 4.78 is 40.5. The number of hydrogen-bond donors (Lipinski definition) is 2. The van der Waals surface area contributed by atoms with Crippen molar-refractivity contribution in [2.45, 2.75) is 0 Å². The maximum atomic E-state index is 15.4. The summed E-state index contributed by atoms with van der Waals surface area (Å²) in [6.07, 6.45) is 0. The Labute approximate surface area is 176 Å². The maximum Gasteiger partial charge on any atom is 0.319 e. The molecule has 0 saturated carbocycles. The van der Waals surface area contributed by atoms with Crippen LogP contribution < -0.4 is 10.5 Å². The van der Waals surface area contributed by atoms with Gasteiger partial charge in [-0.2, -0.15) is 9.97 Å². The molecule has 158 valence electrons. The number of nitrogens with two attached hydrogens (primary N) is 1. The van der Waals surface area contributed by atoms with Crippen molar-refractivity contribution < 1.29 is 23.4 Å². The van der Waals surface area contributed by atoms with Gasteiger partial charge in [0.05, 0.1) is 23.8 Å². The zero-order valence-corrected chi connectivity index (χ0v) is 16.6. The number of nitrogens with zero attached hydrogens (tertiary/aromatic N) is 3. The molecule has 3 aromatic rings. The van der Waals surface area contributed by atoms with Crippen LogP contribution in [0, 0.1) is 11.6 Å². The van der Waals surface area contributed by atoms with Crippen LogP contribution in [0.25, 0.3) is 22.0 Å². The van der Waals surface area contributed by atoms with Crippen LogP contribution in [0.5, 0.6) is 11.8 Å². The third-order valence-corrected chi connectivity index (χ3v) is 5.17. The number of nitrogen functional groups attached to an aromatic ring is 1. The van der Waals surface area contributed by atoms with Gasteiger partial charge >= 0.3 is 6.01 Å². The Morgan fingerprint density at radius 1 is 1.20 bits per heavy atom. The zero-order chi connectivity index (χ0) is 21.3. The van der Waals surface area contributed by atoms with E-state index in [0.717, 1.165) is 19.2 Å². The molecule has 0 amide bonds. The van der Waals surface area contributed by atoms with E-state index >= 15 is 4.39 Å². The lowest BCUT2D eigenvalue weighted by molar-refractivity contribution is 0.0317. The smallest absolute Gasteiger partial charge is 0.319 e. The third kappa shape index (κ3) is 3.96. The Balaban J connectivity index is 1.69. The number of fused-ring (bicyclic) bond motifs is 1. The van der Waals surface area contributed by atoms with Crippen molar-refractivity contribution >= 4 is 28.3 Å². The van der Waals surface area contributed by atoms with E-state index in [1.165, 1.54) is 18.2 Å². The molecule has 0 aliphatic carbocycles. The lowest BCUT2D eigenvalue weighted by Crippen LogP contribution is -2.38. The molecule has 0 bridgehead atoms. The number of benzene rings is 2. The van der Waals surface area contributed by atoms with Crippen LogP contribution >= 0.6 is 11.6 Å². The van der Waals surface area contributed by atoms with Crippen LogP contribution in [0.4, 0.5) is 14.6 Å². The highest BCUT2D eigenvalue weighted by molar-refractivity contribution is 6.34. The highest BCUT2D eigenvalue weighted by atomic mass is 35.5. The third-order valence-electron chi connectivity index (χ3n) is 4.88. The summed E-state index contributed by atoms with van der Waals surface area (Å²) in [5.74, 6) is -2.21. The molecule has 2 heterocycles. The van der Waals surface area contributed by atoms with Crippen LogP contribution in [0.2, 0.25) is 5.02 Å². The molecule has 10 heteroatoms. The van der Waals surface area contributed by atoms with E-state index in [-0.39, 0.29) is 45.5 Å². The highest BCUT2D eigenvalue weighted by Crippen LogP contribution is 2.41. The molecule has 4 rings (SSSR count). The van der Waals surface area contributed by atoms with Gasteiger partial charge in [0, 0.05) is 30.6 Å². The molecular weight excluding hydrogens is 418 g/mol. The average Bonchev–Trinajstić information content (AvgIpc) is 2.72. The summed E-state index contributed by atoms with van der Waals surface area (Å²) >= 11 is 6.19. The Kier molecular flexibility index (Phi) is 5.85. The second kappa shape index (κ2) is 8.55. The van der Waals surface area contributed by atoms with E-state index in [4.69, 9.17) is 26.8 Å². The first-order valence-corrected chi connectivity index (χ1v) is 9.69. The van der Waals surface area contributed by atoms with Gasteiger partial charge in [-0.3, -0.25) is 4.90 Å². The van der Waals surface area contributed by atoms with Gasteiger partial charge in [-0.1, -0.05) is 17.7 Å². The number of halogens is 3. The lowest BCUT2D eigenvalue weighted by atomic mass is 10.0. The summed E-state index contributed by atoms with van der Waals surface area (Å²) in [7, 11) is 0. The van der Waals surface area contributed by atoms with E-state index in [0.29, 0.717) is 19.8 Å². The van der Waals surface area contributed by atoms with Gasteiger partial charge in [-0.05, 0) is 18.2 Å². The van der Waals surface area contributed by atoms with Gasteiger partial charge in [0.15, 0.2) is 5.82 Å². The molecule has 1 saturated heterocycles. The summed E-state index contributed by atoms with van der Waals surface area (Å²) in [6.45, 7) is 3.83. The average molecular weight is 437 g/mol. The fourth-order valence-electron chi connectivity index (χ4n) is 3.34. The van der Waals surface area contributed by atoms with Crippen LogP contribution in [0.3, 0.4) is 0 Å². The molecule has 1 fully saturated rings. The van der Waals surface area contributed by atoms with E-state index in [1.807, 2.05) is 0 Å². The number of aromatic hydroxyl groups is 1. The van der Waals surface area contributed by atoms with Crippen molar-refractivity contribution in [3.05, 3.63) is 40.9 Å². The molecule has 0 unspecified atom stereocenters. The fourth-order valence-corrected chi connectivity index (χ4v) is 3.63. The Bertz CT molecular complexity index is 1070. The van der Waals surface area contributed by atoms with Gasteiger partial charge in [0.2, 0.25) is 0 Å². The van der Waals surface area contributed by atoms with E-state index in [2.05, 4.69) is 14.9 Å². The molecular formula is C20H19ClF2N4O3. The minimum atomic E-state index is -0.926. The predicted octanol–water partition coefficient (Wildman–Crippen LogP) is 3.23. The molecule has 1 aliphatic rings. The van der Waals surface area contributed by atoms with E-state index in [9.17, 15) is 9.50 Å². The normalized spacial score (nSPS) is 14.9. The molecule has 7 nitrogen and oxygen atoms in total. The van der Waals surface area contributed by atoms with Crippen LogP contribution in [-0.4, -0.2) is 59.4 Å². The summed E-state index contributed by atoms with van der Waals surface area (Å²) in [4.78, 5) is 10.3. The van der Waals surface area contributed by atoms with Gasteiger partial charge < -0.3 is 20.3 Å². The van der Waals surface area contributed by atoms with Gasteiger partial charge in [-0.15, -0.1) is 0 Å². The van der Waals surface area contributed by atoms with Crippen LogP contribution in [0.1, 0.15) is 0 Å². The number of anilines is 1. The lowest BCUT2D eigenvalue weighted by Gasteiger charge is -2.26. The van der Waals surface area contributed by atoms with Crippen LogP contribution in [-0.2, 0) is 4.74 Å². The molecule has 0 spiro atoms. The predicted molar refractivity (Wildman–Crippen MR) is 109 cm³/mol. The Morgan fingerprint density at radius 3 is 2.70 bits per heavy atom. The summed E-state index contributed by atoms with van der Waals surface area (Å²) in [6, 6.07) is 4.89. The summed E-state index contributed by atoms with van der Waals surface area (Å²) in [5.41, 5.74) is 5.11. The van der Waals surface area contributed by atoms with Gasteiger partial charge in [-0.25, -0.2) is 8.78 Å². The van der Waals surface area contributed by atoms with Crippen molar-refractivity contribution in [3.63, 3.8) is 0 Å². The van der Waals surface area contributed by atoms with Crippen molar-refractivity contribution in [2.24, 2.45) is 0 Å². The second-order valence-corrected chi connectivity index (χ2v) is 7.18. The molecule has 3 N–H and O–H groups in total. The monoisotopic (exact) mass is 436 g/mol. The summed E-state index contributed by atoms with van der Waals surface area (Å²) in [5, 5.41) is 10.1. The number of rotatable bonds is 5. The molecule has 1 aliphatic heterocycles. The molecule has 0 radical (unpaired) electrons. The first-order chi connectivity index (χ1) is 14.5. The van der Waals surface area contributed by atoms with Crippen molar-refractivity contribution in [3.8, 4) is 22.9 Å². The second-order valence-electron chi connectivity index (χ2n) is 6.77. The first kappa shape index (κ1) is 20.5. The van der Waals surface area contributed by atoms with Gasteiger partial charge in [0.1, 0.15) is 29.5 Å². The number of phenolic OH excluding ortho intramolecular Hbond substituents is 1. The van der Waals surface area contributed by atoms with E-state index < -0.39 is 17.4 Å². The number of hydrogen-bond acceptors (Lipinski definition) is 7. The standard InChI is InChI=1S/C20H19ClF2N4O3/c21-12-10-11-18(17(23)15(12)16-13(22)2-1-3-14(16)28)25-20(26-19(11)24)30-9-6-27-4-7-29-8-5-27/h1-3,10,28H,4-9H2,(H2,24,25,26). The number of morpholine rings is 1. The minimum Gasteiger partial charge on any atom is -0.507 e. The Hall–Kier alpha value is -2.75. The fraction of sp³-hybridized carbons (Fsp3) is 0.300. The van der Waals surface area contributed by atoms with E-state index in [1.54, 1.807) is 0 Å². The van der Waals surface area contributed by atoms with Crippen molar-refractivity contribution in [2.75, 3.05) is 45.2 Å². The molecule has 2 aromatic carbocycles. The SMILES string of the molecule is Nc1nc(OCCN2CCOCC2)nc2c(F)c(-c3c(O)cccc3F)c(Cl)cc12. The zero-order valence-electron chi connectivity index (χ0n) is 15.9. The number of aromatic nitrogens is 2. The largest absolute Gasteiger partial charge is 0.507 e. The molecule has 1 aromatic heterocycles. The molecule has 0 atom stereocenters. The Morgan fingerprint density at radius 2 is 1.97 bits per heavy atom. The maximum absolute atomic E-state index is 15.4. The minimum absolute atomic E-state index is 0.0218.